The first kappa shape index (κ1) is 9.68. The van der Waals surface area contributed by atoms with Crippen molar-refractivity contribution < 1.29 is 0 Å². The summed E-state index contributed by atoms with van der Waals surface area (Å²) in [5, 5.41) is 7.32. The molecule has 0 bridgehead atoms. The van der Waals surface area contributed by atoms with Crippen LogP contribution in [0.25, 0.3) is 0 Å². The van der Waals surface area contributed by atoms with E-state index < -0.39 is 0 Å². The Morgan fingerprint density at radius 2 is 2.21 bits per heavy atom. The lowest BCUT2D eigenvalue weighted by Crippen LogP contribution is -1.93. The molecule has 1 N–H and O–H groups in total. The van der Waals surface area contributed by atoms with E-state index in [1.54, 1.807) is 11.3 Å². The lowest BCUT2D eigenvalue weighted by Gasteiger charge is -2.04. The summed E-state index contributed by atoms with van der Waals surface area (Å²) in [5.74, 6) is 0.879. The second-order valence-corrected chi connectivity index (χ2v) is 4.54. The van der Waals surface area contributed by atoms with Crippen LogP contribution in [-0.4, -0.2) is 4.98 Å². The molecule has 2 aromatic rings. The molecule has 0 radical (unpaired) electrons. The zero-order valence-electron chi connectivity index (χ0n) is 7.62. The van der Waals surface area contributed by atoms with Crippen molar-refractivity contribution in [2.45, 2.75) is 6.92 Å². The number of hydrogen-bond acceptors (Lipinski definition) is 3. The third kappa shape index (κ3) is 2.13. The van der Waals surface area contributed by atoms with Crippen molar-refractivity contribution in [3.8, 4) is 0 Å². The summed E-state index contributed by atoms with van der Waals surface area (Å²) in [6.07, 6.45) is 0. The molecule has 2 nitrogen and oxygen atoms in total. The smallest absolute Gasteiger partial charge is 0.130 e. The first-order chi connectivity index (χ1) is 6.75. The third-order valence-corrected chi connectivity index (χ3v) is 3.34. The Bertz CT molecular complexity index is 426. The van der Waals surface area contributed by atoms with Gasteiger partial charge >= 0.3 is 0 Å². The first-order valence-electron chi connectivity index (χ1n) is 4.18. The van der Waals surface area contributed by atoms with Crippen molar-refractivity contribution in [2.24, 2.45) is 0 Å². The molecule has 2 aromatic heterocycles. The SMILES string of the molecule is Cc1nc(Nc2ccsc2)ccc1Br. The quantitative estimate of drug-likeness (QED) is 0.892. The lowest BCUT2D eigenvalue weighted by molar-refractivity contribution is 1.18. The number of thiophene rings is 1. The zero-order chi connectivity index (χ0) is 9.97. The fraction of sp³-hybridized carbons (Fsp3) is 0.100. The van der Waals surface area contributed by atoms with E-state index in [9.17, 15) is 0 Å². The summed E-state index contributed by atoms with van der Waals surface area (Å²) in [4.78, 5) is 4.39. The molecule has 0 saturated carbocycles. The Labute approximate surface area is 95.1 Å². The lowest BCUT2D eigenvalue weighted by atomic mass is 10.3. The van der Waals surface area contributed by atoms with E-state index in [0.29, 0.717) is 0 Å². The maximum absolute atomic E-state index is 4.39. The summed E-state index contributed by atoms with van der Waals surface area (Å²) in [6.45, 7) is 1.98. The Morgan fingerprint density at radius 3 is 2.86 bits per heavy atom. The summed E-state index contributed by atoms with van der Waals surface area (Å²) >= 11 is 5.09. The van der Waals surface area contributed by atoms with Gasteiger partial charge in [0.2, 0.25) is 0 Å². The van der Waals surface area contributed by atoms with Gasteiger partial charge in [-0.1, -0.05) is 0 Å². The van der Waals surface area contributed by atoms with Gasteiger partial charge in [-0.15, -0.1) is 0 Å². The van der Waals surface area contributed by atoms with E-state index in [2.05, 4.69) is 31.6 Å². The molecule has 0 atom stereocenters. The fourth-order valence-electron chi connectivity index (χ4n) is 1.10. The van der Waals surface area contributed by atoms with Crippen molar-refractivity contribution in [1.29, 1.82) is 0 Å². The van der Waals surface area contributed by atoms with Crippen LogP contribution in [0.2, 0.25) is 0 Å². The van der Waals surface area contributed by atoms with Crippen LogP contribution in [0.5, 0.6) is 0 Å². The Balaban J connectivity index is 2.22. The molecule has 2 rings (SSSR count). The average molecular weight is 269 g/mol. The van der Waals surface area contributed by atoms with Crippen LogP contribution in [0.1, 0.15) is 5.69 Å². The Hall–Kier alpha value is -0.870. The number of rotatable bonds is 2. The highest BCUT2D eigenvalue weighted by atomic mass is 79.9. The van der Waals surface area contributed by atoms with Gasteiger partial charge in [-0.05, 0) is 46.4 Å². The number of nitrogens with one attached hydrogen (secondary N) is 1. The molecular weight excluding hydrogens is 260 g/mol. The number of halogens is 1. The average Bonchev–Trinajstić information content (AvgIpc) is 2.64. The topological polar surface area (TPSA) is 24.9 Å². The molecular formula is C10H9BrN2S. The van der Waals surface area contributed by atoms with Gasteiger partial charge in [0, 0.05) is 9.85 Å². The van der Waals surface area contributed by atoms with Gasteiger partial charge in [0.15, 0.2) is 0 Å². The summed E-state index contributed by atoms with van der Waals surface area (Å²) in [5.41, 5.74) is 2.08. The normalized spacial score (nSPS) is 10.1. The van der Waals surface area contributed by atoms with Crippen LogP contribution in [0.4, 0.5) is 11.5 Å². The second-order valence-electron chi connectivity index (χ2n) is 2.90. The molecule has 0 saturated heterocycles. The van der Waals surface area contributed by atoms with Crippen molar-refractivity contribution in [3.05, 3.63) is 39.1 Å². The van der Waals surface area contributed by atoms with Crippen LogP contribution in [0.3, 0.4) is 0 Å². The van der Waals surface area contributed by atoms with E-state index in [4.69, 9.17) is 0 Å². The number of pyridine rings is 1. The highest BCUT2D eigenvalue weighted by Crippen LogP contribution is 2.20. The molecule has 0 unspecified atom stereocenters. The maximum Gasteiger partial charge on any atom is 0.130 e. The minimum absolute atomic E-state index is 0.879. The summed E-state index contributed by atoms with van der Waals surface area (Å²) < 4.78 is 1.04. The van der Waals surface area contributed by atoms with Crippen LogP contribution in [-0.2, 0) is 0 Å². The molecule has 0 aliphatic rings. The number of nitrogens with zero attached hydrogens (tertiary/aromatic N) is 1. The van der Waals surface area contributed by atoms with Gasteiger partial charge in [0.25, 0.3) is 0 Å². The summed E-state index contributed by atoms with van der Waals surface area (Å²) in [7, 11) is 0. The highest BCUT2D eigenvalue weighted by Gasteiger charge is 1.99. The Morgan fingerprint density at radius 1 is 1.36 bits per heavy atom. The maximum atomic E-state index is 4.39. The van der Waals surface area contributed by atoms with Gasteiger partial charge < -0.3 is 5.32 Å². The number of hydrogen-bond donors (Lipinski definition) is 1. The van der Waals surface area contributed by atoms with Crippen LogP contribution >= 0.6 is 27.3 Å². The van der Waals surface area contributed by atoms with Crippen molar-refractivity contribution >= 4 is 38.8 Å². The van der Waals surface area contributed by atoms with E-state index >= 15 is 0 Å². The fourth-order valence-corrected chi connectivity index (χ4v) is 1.91. The van der Waals surface area contributed by atoms with Crippen LogP contribution in [0.15, 0.2) is 33.4 Å². The first-order valence-corrected chi connectivity index (χ1v) is 5.91. The molecule has 0 amide bonds. The molecule has 4 heteroatoms. The van der Waals surface area contributed by atoms with E-state index in [1.165, 1.54) is 0 Å². The molecule has 0 aliphatic heterocycles. The van der Waals surface area contributed by atoms with Crippen LogP contribution < -0.4 is 5.32 Å². The standard InChI is InChI=1S/C10H9BrN2S/c1-7-9(11)2-3-10(12-7)13-8-4-5-14-6-8/h2-6H,1H3,(H,12,13). The molecule has 72 valence electrons. The van der Waals surface area contributed by atoms with Crippen LogP contribution in [0, 0.1) is 6.92 Å². The molecule has 0 fully saturated rings. The van der Waals surface area contributed by atoms with Gasteiger partial charge in [0.05, 0.1) is 11.4 Å². The molecule has 0 spiro atoms. The van der Waals surface area contributed by atoms with Gasteiger partial charge in [-0.25, -0.2) is 4.98 Å². The molecule has 2 heterocycles. The summed E-state index contributed by atoms with van der Waals surface area (Å²) in [6, 6.07) is 5.98. The van der Waals surface area contributed by atoms with Crippen molar-refractivity contribution in [3.63, 3.8) is 0 Å². The van der Waals surface area contributed by atoms with E-state index in [1.807, 2.05) is 30.5 Å². The monoisotopic (exact) mass is 268 g/mol. The highest BCUT2D eigenvalue weighted by molar-refractivity contribution is 9.10. The number of aromatic nitrogens is 1. The van der Waals surface area contributed by atoms with Gasteiger partial charge in [-0.3, -0.25) is 0 Å². The minimum atomic E-state index is 0.879. The Kier molecular flexibility index (Phi) is 2.84. The molecule has 14 heavy (non-hydrogen) atoms. The third-order valence-electron chi connectivity index (χ3n) is 1.81. The van der Waals surface area contributed by atoms with E-state index in [0.717, 1.165) is 21.7 Å². The number of aryl methyl sites for hydroxylation is 1. The van der Waals surface area contributed by atoms with Crippen molar-refractivity contribution in [1.82, 2.24) is 4.98 Å². The predicted molar refractivity (Wildman–Crippen MR) is 64.3 cm³/mol. The largest absolute Gasteiger partial charge is 0.340 e. The van der Waals surface area contributed by atoms with Crippen molar-refractivity contribution in [2.75, 3.05) is 5.32 Å². The number of anilines is 2. The molecule has 0 aliphatic carbocycles. The van der Waals surface area contributed by atoms with Gasteiger partial charge in [-0.2, -0.15) is 11.3 Å². The van der Waals surface area contributed by atoms with Gasteiger partial charge in [0.1, 0.15) is 5.82 Å². The second kappa shape index (κ2) is 4.11. The zero-order valence-corrected chi connectivity index (χ0v) is 10.0. The minimum Gasteiger partial charge on any atom is -0.340 e. The molecule has 0 aromatic carbocycles. The van der Waals surface area contributed by atoms with E-state index in [-0.39, 0.29) is 0 Å². The predicted octanol–water partition coefficient (Wildman–Crippen LogP) is 3.96.